The lowest BCUT2D eigenvalue weighted by atomic mass is 9.99. The Morgan fingerprint density at radius 1 is 1.14 bits per heavy atom. The van der Waals surface area contributed by atoms with Gasteiger partial charge < -0.3 is 14.7 Å². The number of hydrogen-bond acceptors (Lipinski definition) is 5. The van der Waals surface area contributed by atoms with E-state index in [1.165, 1.54) is 0 Å². The molecule has 2 aromatic heterocycles. The zero-order valence-corrected chi connectivity index (χ0v) is 12.2. The Balaban J connectivity index is 0.00000132. The fourth-order valence-electron chi connectivity index (χ4n) is 2.91. The Labute approximate surface area is 127 Å². The molecule has 1 aliphatic rings. The van der Waals surface area contributed by atoms with Gasteiger partial charge in [0, 0.05) is 5.39 Å². The molecule has 21 heavy (non-hydrogen) atoms. The molecular weight excluding hydrogens is 290 g/mol. The number of halogens is 1. The summed E-state index contributed by atoms with van der Waals surface area (Å²) in [6, 6.07) is 7.78. The number of rotatable bonds is 2. The Hall–Kier alpha value is -1.85. The van der Waals surface area contributed by atoms with Crippen LogP contribution in [0.4, 0.5) is 0 Å². The molecule has 5 nitrogen and oxygen atoms in total. The molecule has 0 saturated heterocycles. The molecule has 2 N–H and O–H groups in total. The Morgan fingerprint density at radius 2 is 1.90 bits per heavy atom. The van der Waals surface area contributed by atoms with Gasteiger partial charge in [-0.15, -0.1) is 12.4 Å². The second kappa shape index (κ2) is 5.16. The van der Waals surface area contributed by atoms with Crippen molar-refractivity contribution in [2.24, 2.45) is 5.73 Å². The van der Waals surface area contributed by atoms with Crippen LogP contribution in [-0.4, -0.2) is 10.1 Å². The SMILES string of the molecule is Cl.NC1(c2noc(-c3coc4ccccc34)n2)CCCC1. The van der Waals surface area contributed by atoms with Gasteiger partial charge in [0.2, 0.25) is 0 Å². The average Bonchev–Trinajstić information content (AvgIpc) is 3.16. The molecule has 0 atom stereocenters. The van der Waals surface area contributed by atoms with E-state index in [0.29, 0.717) is 11.7 Å². The van der Waals surface area contributed by atoms with Crippen LogP contribution in [-0.2, 0) is 5.54 Å². The maximum atomic E-state index is 6.35. The van der Waals surface area contributed by atoms with Crippen LogP contribution in [0.15, 0.2) is 39.5 Å². The minimum Gasteiger partial charge on any atom is -0.463 e. The maximum Gasteiger partial charge on any atom is 0.261 e. The molecule has 6 heteroatoms. The van der Waals surface area contributed by atoms with E-state index in [9.17, 15) is 0 Å². The first-order valence-corrected chi connectivity index (χ1v) is 6.86. The van der Waals surface area contributed by atoms with E-state index in [-0.39, 0.29) is 12.4 Å². The smallest absolute Gasteiger partial charge is 0.261 e. The number of furan rings is 1. The summed E-state index contributed by atoms with van der Waals surface area (Å²) in [4.78, 5) is 4.49. The molecule has 1 aromatic carbocycles. The number of para-hydroxylation sites is 1. The Morgan fingerprint density at radius 3 is 2.71 bits per heavy atom. The molecule has 2 heterocycles. The first kappa shape index (κ1) is 14.1. The monoisotopic (exact) mass is 305 g/mol. The van der Waals surface area contributed by atoms with Crippen LogP contribution in [0.1, 0.15) is 31.5 Å². The van der Waals surface area contributed by atoms with Crippen LogP contribution in [0.2, 0.25) is 0 Å². The summed E-state index contributed by atoms with van der Waals surface area (Å²) in [7, 11) is 0. The molecule has 1 saturated carbocycles. The zero-order valence-electron chi connectivity index (χ0n) is 11.4. The highest BCUT2D eigenvalue weighted by Crippen LogP contribution is 2.36. The van der Waals surface area contributed by atoms with Crippen LogP contribution in [0.25, 0.3) is 22.4 Å². The van der Waals surface area contributed by atoms with Gasteiger partial charge in [-0.05, 0) is 18.9 Å². The number of benzene rings is 1. The summed E-state index contributed by atoms with van der Waals surface area (Å²) < 4.78 is 10.9. The summed E-state index contributed by atoms with van der Waals surface area (Å²) >= 11 is 0. The van der Waals surface area contributed by atoms with Crippen molar-refractivity contribution in [3.05, 3.63) is 36.4 Å². The summed E-state index contributed by atoms with van der Waals surface area (Å²) in [5.41, 5.74) is 7.55. The number of aromatic nitrogens is 2. The van der Waals surface area contributed by atoms with E-state index >= 15 is 0 Å². The minimum absolute atomic E-state index is 0. The molecule has 0 unspecified atom stereocenters. The van der Waals surface area contributed by atoms with Crippen molar-refractivity contribution in [2.45, 2.75) is 31.2 Å². The Kier molecular flexibility index (Phi) is 3.47. The lowest BCUT2D eigenvalue weighted by Crippen LogP contribution is -2.34. The topological polar surface area (TPSA) is 78.1 Å². The molecule has 0 radical (unpaired) electrons. The van der Waals surface area contributed by atoms with Crippen LogP contribution in [0.3, 0.4) is 0 Å². The van der Waals surface area contributed by atoms with Crippen LogP contribution < -0.4 is 5.73 Å². The standard InChI is InChI=1S/C15H15N3O2.ClH/c16-15(7-3-4-8-15)14-17-13(20-18-14)11-9-19-12-6-2-1-5-10(11)12;/h1-2,5-6,9H,3-4,7-8,16H2;1H. The molecule has 3 aromatic rings. The van der Waals surface area contributed by atoms with Gasteiger partial charge in [-0.2, -0.15) is 4.98 Å². The van der Waals surface area contributed by atoms with Crippen molar-refractivity contribution in [1.29, 1.82) is 0 Å². The summed E-state index contributed by atoms with van der Waals surface area (Å²) in [6.45, 7) is 0. The lowest BCUT2D eigenvalue weighted by Gasteiger charge is -2.17. The van der Waals surface area contributed by atoms with Gasteiger partial charge in [0.15, 0.2) is 5.82 Å². The first-order valence-electron chi connectivity index (χ1n) is 6.86. The van der Waals surface area contributed by atoms with Crippen molar-refractivity contribution in [1.82, 2.24) is 10.1 Å². The van der Waals surface area contributed by atoms with Gasteiger partial charge >= 0.3 is 0 Å². The van der Waals surface area contributed by atoms with Gasteiger partial charge in [-0.25, -0.2) is 0 Å². The van der Waals surface area contributed by atoms with E-state index in [1.54, 1.807) is 6.26 Å². The van der Waals surface area contributed by atoms with E-state index < -0.39 is 5.54 Å². The van der Waals surface area contributed by atoms with Gasteiger partial charge in [-0.3, -0.25) is 0 Å². The third kappa shape index (κ3) is 2.22. The highest BCUT2D eigenvalue weighted by Gasteiger charge is 2.36. The fourth-order valence-corrected chi connectivity index (χ4v) is 2.91. The molecule has 0 aliphatic heterocycles. The van der Waals surface area contributed by atoms with Crippen LogP contribution >= 0.6 is 12.4 Å². The number of hydrogen-bond donors (Lipinski definition) is 1. The van der Waals surface area contributed by atoms with Crippen LogP contribution in [0.5, 0.6) is 0 Å². The predicted octanol–water partition coefficient (Wildman–Crippen LogP) is 3.63. The van der Waals surface area contributed by atoms with Gasteiger partial charge in [-0.1, -0.05) is 36.2 Å². The average molecular weight is 306 g/mol. The van der Waals surface area contributed by atoms with Gasteiger partial charge in [0.1, 0.15) is 11.8 Å². The third-order valence-corrected chi connectivity index (χ3v) is 4.08. The summed E-state index contributed by atoms with van der Waals surface area (Å²) in [6.07, 6.45) is 5.72. The minimum atomic E-state index is -0.429. The summed E-state index contributed by atoms with van der Waals surface area (Å²) in [5, 5.41) is 5.05. The number of fused-ring (bicyclic) bond motifs is 1. The largest absolute Gasteiger partial charge is 0.463 e. The quantitative estimate of drug-likeness (QED) is 0.782. The molecule has 0 spiro atoms. The predicted molar refractivity (Wildman–Crippen MR) is 81.1 cm³/mol. The van der Waals surface area contributed by atoms with Gasteiger partial charge in [0.25, 0.3) is 5.89 Å². The van der Waals surface area contributed by atoms with E-state index in [0.717, 1.165) is 42.2 Å². The maximum absolute atomic E-state index is 6.35. The van der Waals surface area contributed by atoms with Crippen molar-refractivity contribution in [2.75, 3.05) is 0 Å². The highest BCUT2D eigenvalue weighted by atomic mass is 35.5. The van der Waals surface area contributed by atoms with Crippen LogP contribution in [0, 0.1) is 0 Å². The van der Waals surface area contributed by atoms with Gasteiger partial charge in [0.05, 0.1) is 11.1 Å². The van der Waals surface area contributed by atoms with E-state index in [4.69, 9.17) is 14.7 Å². The lowest BCUT2D eigenvalue weighted by molar-refractivity contribution is 0.372. The van der Waals surface area contributed by atoms with E-state index in [1.807, 2.05) is 24.3 Å². The number of nitrogens with zero attached hydrogens (tertiary/aromatic N) is 2. The molecule has 1 fully saturated rings. The fraction of sp³-hybridized carbons (Fsp3) is 0.333. The molecule has 1 aliphatic carbocycles. The molecule has 110 valence electrons. The third-order valence-electron chi connectivity index (χ3n) is 4.08. The molecular formula is C15H16ClN3O2. The molecule has 0 amide bonds. The van der Waals surface area contributed by atoms with Crippen molar-refractivity contribution in [3.63, 3.8) is 0 Å². The van der Waals surface area contributed by atoms with E-state index in [2.05, 4.69) is 10.1 Å². The Bertz CT molecular complexity index is 759. The normalized spacial score (nSPS) is 17.0. The molecule has 0 bridgehead atoms. The van der Waals surface area contributed by atoms with Crippen molar-refractivity contribution in [3.8, 4) is 11.5 Å². The number of nitrogens with two attached hydrogens (primary N) is 1. The van der Waals surface area contributed by atoms with Crippen molar-refractivity contribution >= 4 is 23.4 Å². The highest BCUT2D eigenvalue weighted by molar-refractivity contribution is 5.91. The molecule has 4 rings (SSSR count). The second-order valence-corrected chi connectivity index (χ2v) is 5.43. The summed E-state index contributed by atoms with van der Waals surface area (Å²) in [5.74, 6) is 1.08. The van der Waals surface area contributed by atoms with Crippen molar-refractivity contribution < 1.29 is 8.94 Å². The zero-order chi connectivity index (χ0) is 13.6. The first-order chi connectivity index (χ1) is 9.76. The second-order valence-electron chi connectivity index (χ2n) is 5.43.